The summed E-state index contributed by atoms with van der Waals surface area (Å²) in [5.74, 6) is -1.99. The Hall–Kier alpha value is -2.66. The molecule has 1 aromatic carbocycles. The summed E-state index contributed by atoms with van der Waals surface area (Å²) in [5, 5.41) is 2.20. The van der Waals surface area contributed by atoms with Crippen LogP contribution in [0.25, 0.3) is 0 Å². The molecular formula is C26H36N2O8. The van der Waals surface area contributed by atoms with Gasteiger partial charge in [-0.2, -0.15) is 0 Å². The van der Waals surface area contributed by atoms with Crippen molar-refractivity contribution in [1.29, 1.82) is 0 Å². The summed E-state index contributed by atoms with van der Waals surface area (Å²) in [5.41, 5.74) is 1.50. The van der Waals surface area contributed by atoms with Gasteiger partial charge in [-0.1, -0.05) is 19.4 Å². The first-order chi connectivity index (χ1) is 17.5. The molecule has 10 nitrogen and oxygen atoms in total. The Morgan fingerprint density at radius 1 is 0.806 bits per heavy atom. The number of imide groups is 2. The fraction of sp³-hybridized carbons (Fsp3) is 0.615. The van der Waals surface area contributed by atoms with Crippen LogP contribution < -0.4 is 5.32 Å². The van der Waals surface area contributed by atoms with Crippen LogP contribution in [0.2, 0.25) is 0 Å². The van der Waals surface area contributed by atoms with Crippen molar-refractivity contribution in [3.05, 3.63) is 34.9 Å². The Balaban J connectivity index is 1.28. The molecule has 3 rings (SSSR count). The lowest BCUT2D eigenvalue weighted by molar-refractivity contribution is -0.136. The molecule has 2 aliphatic rings. The number of nitrogens with zero attached hydrogens (tertiary/aromatic N) is 1. The van der Waals surface area contributed by atoms with Crippen LogP contribution in [-0.2, 0) is 35.0 Å². The van der Waals surface area contributed by atoms with Crippen molar-refractivity contribution in [2.45, 2.75) is 51.5 Å². The summed E-state index contributed by atoms with van der Waals surface area (Å²) in [4.78, 5) is 50.2. The topological polar surface area (TPSA) is 120 Å². The third kappa shape index (κ3) is 7.92. The minimum Gasteiger partial charge on any atom is -0.379 e. The van der Waals surface area contributed by atoms with Crippen LogP contribution >= 0.6 is 0 Å². The van der Waals surface area contributed by atoms with E-state index in [0.29, 0.717) is 58.2 Å². The van der Waals surface area contributed by atoms with Crippen LogP contribution in [0.3, 0.4) is 0 Å². The molecule has 1 saturated heterocycles. The van der Waals surface area contributed by atoms with Crippen LogP contribution in [0, 0.1) is 0 Å². The molecule has 0 spiro atoms. The fourth-order valence-electron chi connectivity index (χ4n) is 4.06. The summed E-state index contributed by atoms with van der Waals surface area (Å²) in [7, 11) is 0. The summed E-state index contributed by atoms with van der Waals surface area (Å²) in [6.07, 6.45) is 3.87. The molecule has 0 aromatic heterocycles. The van der Waals surface area contributed by atoms with Crippen LogP contribution in [0.1, 0.15) is 65.3 Å². The van der Waals surface area contributed by atoms with Crippen molar-refractivity contribution in [2.24, 2.45) is 0 Å². The zero-order valence-corrected chi connectivity index (χ0v) is 20.9. The maximum Gasteiger partial charge on any atom is 0.262 e. The van der Waals surface area contributed by atoms with E-state index >= 15 is 0 Å². The van der Waals surface area contributed by atoms with Gasteiger partial charge in [-0.25, -0.2) is 0 Å². The van der Waals surface area contributed by atoms with Crippen LogP contribution in [0.4, 0.5) is 0 Å². The minimum atomic E-state index is -0.953. The quantitative estimate of drug-likeness (QED) is 0.252. The van der Waals surface area contributed by atoms with E-state index in [2.05, 4.69) is 12.2 Å². The summed E-state index contributed by atoms with van der Waals surface area (Å²) in [6, 6.07) is 4.20. The van der Waals surface area contributed by atoms with E-state index in [-0.39, 0.29) is 18.4 Å². The monoisotopic (exact) mass is 504 g/mol. The number of carbonyl (C=O) groups is 4. The second-order valence-electron chi connectivity index (χ2n) is 8.73. The number of unbranched alkanes of at least 4 members (excludes halogenated alkanes) is 1. The Morgan fingerprint density at radius 2 is 1.39 bits per heavy atom. The number of hydrogen-bond donors (Lipinski definition) is 1. The molecule has 198 valence electrons. The van der Waals surface area contributed by atoms with E-state index in [4.69, 9.17) is 18.9 Å². The van der Waals surface area contributed by atoms with Gasteiger partial charge in [0.05, 0.1) is 50.8 Å². The highest BCUT2D eigenvalue weighted by Gasteiger charge is 2.44. The highest BCUT2D eigenvalue weighted by atomic mass is 16.6. The first-order valence-corrected chi connectivity index (χ1v) is 12.7. The van der Waals surface area contributed by atoms with E-state index in [1.54, 1.807) is 12.1 Å². The normalized spacial score (nSPS) is 17.6. The second-order valence-corrected chi connectivity index (χ2v) is 8.73. The third-order valence-electron chi connectivity index (χ3n) is 6.02. The number of nitrogens with one attached hydrogen (secondary N) is 1. The Labute approximate surface area is 211 Å². The molecule has 1 atom stereocenters. The molecule has 36 heavy (non-hydrogen) atoms. The summed E-state index contributed by atoms with van der Waals surface area (Å²) in [6.45, 7) is 6.64. The van der Waals surface area contributed by atoms with E-state index in [1.807, 2.05) is 6.07 Å². The predicted molar refractivity (Wildman–Crippen MR) is 130 cm³/mol. The number of hydrogen-bond acceptors (Lipinski definition) is 8. The predicted octanol–water partition coefficient (Wildman–Crippen LogP) is 1.89. The van der Waals surface area contributed by atoms with Gasteiger partial charge in [0.2, 0.25) is 11.8 Å². The van der Waals surface area contributed by atoms with Crippen LogP contribution in [0.15, 0.2) is 18.2 Å². The van der Waals surface area contributed by atoms with Crippen molar-refractivity contribution in [1.82, 2.24) is 10.2 Å². The maximum absolute atomic E-state index is 12.9. The van der Waals surface area contributed by atoms with Crippen LogP contribution in [-0.4, -0.2) is 87.4 Å². The van der Waals surface area contributed by atoms with E-state index in [0.717, 1.165) is 36.3 Å². The number of carbonyl (C=O) groups excluding carboxylic acids is 4. The van der Waals surface area contributed by atoms with Gasteiger partial charge >= 0.3 is 0 Å². The molecule has 0 saturated carbocycles. The molecule has 1 unspecified atom stereocenters. The van der Waals surface area contributed by atoms with Gasteiger partial charge in [0, 0.05) is 19.6 Å². The smallest absolute Gasteiger partial charge is 0.262 e. The first-order valence-electron chi connectivity index (χ1n) is 12.7. The van der Waals surface area contributed by atoms with Gasteiger partial charge in [-0.15, -0.1) is 0 Å². The Kier molecular flexibility index (Phi) is 11.5. The molecular weight excluding hydrogens is 468 g/mol. The fourth-order valence-corrected chi connectivity index (χ4v) is 4.06. The molecule has 1 N–H and O–H groups in total. The van der Waals surface area contributed by atoms with Crippen molar-refractivity contribution >= 4 is 23.6 Å². The zero-order chi connectivity index (χ0) is 25.8. The molecule has 0 aliphatic carbocycles. The van der Waals surface area contributed by atoms with Gasteiger partial charge in [0.25, 0.3) is 11.8 Å². The van der Waals surface area contributed by atoms with Crippen molar-refractivity contribution in [3.8, 4) is 0 Å². The van der Waals surface area contributed by atoms with Gasteiger partial charge in [-0.05, 0) is 43.4 Å². The van der Waals surface area contributed by atoms with Crippen molar-refractivity contribution < 1.29 is 38.1 Å². The second kappa shape index (κ2) is 14.8. The van der Waals surface area contributed by atoms with E-state index < -0.39 is 29.7 Å². The molecule has 4 amide bonds. The highest BCUT2D eigenvalue weighted by molar-refractivity contribution is 6.23. The number of amides is 4. The number of piperidine rings is 1. The SMILES string of the molecule is CCCCOCCOCCOCCOCCCc1ccc2c(c1)C(=O)N(C1CCC(=O)NC1=O)C2=O. The maximum atomic E-state index is 12.9. The largest absolute Gasteiger partial charge is 0.379 e. The molecule has 0 radical (unpaired) electrons. The van der Waals surface area contributed by atoms with Gasteiger partial charge in [0.15, 0.2) is 0 Å². The van der Waals surface area contributed by atoms with E-state index in [9.17, 15) is 19.2 Å². The third-order valence-corrected chi connectivity index (χ3v) is 6.02. The van der Waals surface area contributed by atoms with Crippen LogP contribution in [0.5, 0.6) is 0 Å². The lowest BCUT2D eigenvalue weighted by Crippen LogP contribution is -2.54. The molecule has 2 aliphatic heterocycles. The number of ether oxygens (including phenoxy) is 4. The lowest BCUT2D eigenvalue weighted by Gasteiger charge is -2.27. The molecule has 1 aromatic rings. The summed E-state index contributed by atoms with van der Waals surface area (Å²) >= 11 is 0. The van der Waals surface area contributed by atoms with Gasteiger partial charge in [0.1, 0.15) is 6.04 Å². The van der Waals surface area contributed by atoms with Gasteiger partial charge < -0.3 is 18.9 Å². The number of rotatable bonds is 17. The van der Waals surface area contributed by atoms with E-state index in [1.165, 1.54) is 0 Å². The molecule has 1 fully saturated rings. The number of benzene rings is 1. The molecule has 0 bridgehead atoms. The number of aryl methyl sites for hydroxylation is 1. The number of fused-ring (bicyclic) bond motifs is 1. The molecule has 10 heteroatoms. The Morgan fingerprint density at radius 3 is 2.00 bits per heavy atom. The molecule has 2 heterocycles. The zero-order valence-electron chi connectivity index (χ0n) is 20.9. The highest BCUT2D eigenvalue weighted by Crippen LogP contribution is 2.28. The average molecular weight is 505 g/mol. The van der Waals surface area contributed by atoms with Gasteiger partial charge in [-0.3, -0.25) is 29.4 Å². The van der Waals surface area contributed by atoms with Crippen molar-refractivity contribution in [3.63, 3.8) is 0 Å². The lowest BCUT2D eigenvalue weighted by atomic mass is 10.0. The Bertz CT molecular complexity index is 919. The first kappa shape index (κ1) is 27.9. The average Bonchev–Trinajstić information content (AvgIpc) is 3.11. The minimum absolute atomic E-state index is 0.0997. The summed E-state index contributed by atoms with van der Waals surface area (Å²) < 4.78 is 21.9. The van der Waals surface area contributed by atoms with Crippen molar-refractivity contribution in [2.75, 3.05) is 52.9 Å². The standard InChI is InChI=1S/C26H36N2O8/c1-2-3-10-33-12-14-35-16-17-36-15-13-34-11-4-5-19-6-7-20-21(18-19)26(32)28(25(20)31)22-8-9-23(29)27-24(22)30/h6-7,18,22H,2-5,8-17H2,1H3,(H,27,29,30).